The number of alkyl halides is 3. The van der Waals surface area contributed by atoms with Crippen LogP contribution in [0, 0.1) is 23.2 Å². The lowest BCUT2D eigenvalue weighted by atomic mass is 9.64. The van der Waals surface area contributed by atoms with Gasteiger partial charge in [0, 0.05) is 24.4 Å². The number of carbonyl (C=O) groups is 1. The molecule has 0 radical (unpaired) electrons. The maximum absolute atomic E-state index is 14.0. The van der Waals surface area contributed by atoms with Gasteiger partial charge in [-0.1, -0.05) is 20.8 Å². The fraction of sp³-hybridized carbons (Fsp3) is 0.680. The first-order chi connectivity index (χ1) is 16.6. The van der Waals surface area contributed by atoms with Crippen molar-refractivity contribution in [3.63, 3.8) is 0 Å². The normalized spacial score (nSPS) is 35.8. The summed E-state index contributed by atoms with van der Waals surface area (Å²) in [4.78, 5) is 15.2. The zero-order chi connectivity index (χ0) is 26.5. The van der Waals surface area contributed by atoms with Crippen LogP contribution in [-0.4, -0.2) is 56.1 Å². The van der Waals surface area contributed by atoms with Crippen LogP contribution in [0.15, 0.2) is 18.2 Å². The van der Waals surface area contributed by atoms with E-state index in [1.165, 1.54) is 11.0 Å². The van der Waals surface area contributed by atoms with Crippen LogP contribution < -0.4 is 4.90 Å². The molecule has 2 bridgehead atoms. The van der Waals surface area contributed by atoms with Gasteiger partial charge in [-0.2, -0.15) is 18.4 Å². The summed E-state index contributed by atoms with van der Waals surface area (Å²) in [6.07, 6.45) is -5.10. The lowest BCUT2D eigenvalue weighted by molar-refractivity contribution is -0.154. The molecule has 1 N–H and O–H groups in total. The third-order valence-corrected chi connectivity index (χ3v) is 13.5. The largest absolute Gasteiger partial charge is 0.417 e. The molecule has 4 heterocycles. The van der Waals surface area contributed by atoms with E-state index in [0.29, 0.717) is 12.8 Å². The van der Waals surface area contributed by atoms with Gasteiger partial charge >= 0.3 is 6.18 Å². The first-order valence-electron chi connectivity index (χ1n) is 12.2. The Bertz CT molecular complexity index is 1150. The number of amides is 1. The van der Waals surface area contributed by atoms with Crippen molar-refractivity contribution < 1.29 is 37.0 Å². The maximum atomic E-state index is 14.0. The van der Waals surface area contributed by atoms with Crippen LogP contribution in [0.1, 0.15) is 44.7 Å². The van der Waals surface area contributed by atoms with Crippen LogP contribution in [0.2, 0.25) is 18.1 Å². The van der Waals surface area contributed by atoms with E-state index in [1.807, 2.05) is 0 Å². The summed E-state index contributed by atoms with van der Waals surface area (Å²) >= 11 is 0. The van der Waals surface area contributed by atoms with Gasteiger partial charge in [0.05, 0.1) is 48.0 Å². The highest BCUT2D eigenvalue weighted by atomic mass is 28.4. The summed E-state index contributed by atoms with van der Waals surface area (Å²) in [7, 11) is -2.30. The minimum atomic E-state index is -4.76. The quantitative estimate of drug-likeness (QED) is 0.594. The summed E-state index contributed by atoms with van der Waals surface area (Å²) in [5.41, 5.74) is -3.67. The molecule has 1 aromatic carbocycles. The highest BCUT2D eigenvalue weighted by Gasteiger charge is 2.80. The van der Waals surface area contributed by atoms with Crippen LogP contribution in [0.5, 0.6) is 0 Å². The van der Waals surface area contributed by atoms with E-state index >= 15 is 0 Å². The van der Waals surface area contributed by atoms with Crippen LogP contribution in [0.4, 0.5) is 18.9 Å². The van der Waals surface area contributed by atoms with E-state index in [9.17, 15) is 28.3 Å². The first kappa shape index (κ1) is 25.7. The van der Waals surface area contributed by atoms with Gasteiger partial charge in [0.15, 0.2) is 8.32 Å². The molecule has 4 aliphatic rings. The van der Waals surface area contributed by atoms with Crippen LogP contribution in [0.25, 0.3) is 0 Å². The van der Waals surface area contributed by atoms with Gasteiger partial charge in [-0.3, -0.25) is 9.69 Å². The smallest absolute Gasteiger partial charge is 0.411 e. The third-order valence-electron chi connectivity index (χ3n) is 9.04. The van der Waals surface area contributed by atoms with Crippen LogP contribution >= 0.6 is 0 Å². The number of nitriles is 1. The second kappa shape index (κ2) is 7.77. The molecule has 6 atom stereocenters. The van der Waals surface area contributed by atoms with Crippen molar-refractivity contribution in [2.24, 2.45) is 11.8 Å². The van der Waals surface area contributed by atoms with Crippen molar-refractivity contribution in [2.75, 3.05) is 18.1 Å². The molecule has 0 unspecified atom stereocenters. The predicted octanol–water partition coefficient (Wildman–Crippen LogP) is 4.20. The van der Waals surface area contributed by atoms with E-state index in [0.717, 1.165) is 12.1 Å². The molecule has 1 aromatic rings. The van der Waals surface area contributed by atoms with E-state index in [2.05, 4.69) is 33.9 Å². The van der Waals surface area contributed by atoms with Gasteiger partial charge in [-0.25, -0.2) is 0 Å². The molecule has 11 heteroatoms. The fourth-order valence-electron chi connectivity index (χ4n) is 6.32. The number of benzene rings is 1. The summed E-state index contributed by atoms with van der Waals surface area (Å²) in [6, 6.07) is 4.83. The molecule has 7 nitrogen and oxygen atoms in total. The highest BCUT2D eigenvalue weighted by Crippen LogP contribution is 2.66. The van der Waals surface area contributed by atoms with E-state index in [-0.39, 0.29) is 17.3 Å². The number of aliphatic hydroxyl groups excluding tert-OH is 1. The lowest BCUT2D eigenvalue weighted by Gasteiger charge is -2.46. The molecule has 5 rings (SSSR count). The molecule has 0 saturated carbocycles. The summed E-state index contributed by atoms with van der Waals surface area (Å²) < 4.78 is 60.3. The van der Waals surface area contributed by atoms with E-state index in [1.54, 1.807) is 6.07 Å². The van der Waals surface area contributed by atoms with Gasteiger partial charge in [0.1, 0.15) is 11.8 Å². The molecular formula is C25H31F3N2O5Si. The molecule has 4 aliphatic heterocycles. The Kier molecular flexibility index (Phi) is 5.54. The molecule has 4 fully saturated rings. The summed E-state index contributed by atoms with van der Waals surface area (Å²) in [6.45, 7) is 10.3. The van der Waals surface area contributed by atoms with Crippen molar-refractivity contribution in [3.8, 4) is 6.07 Å². The second-order valence-electron chi connectivity index (χ2n) is 11.9. The number of hydrogen-bond donors (Lipinski definition) is 1. The summed E-state index contributed by atoms with van der Waals surface area (Å²) in [5, 5.41) is 19.8. The number of halogens is 3. The second-order valence-corrected chi connectivity index (χ2v) is 16.7. The monoisotopic (exact) mass is 524 g/mol. The average molecular weight is 525 g/mol. The minimum absolute atomic E-state index is 0.0112. The predicted molar refractivity (Wildman–Crippen MR) is 125 cm³/mol. The van der Waals surface area contributed by atoms with Gasteiger partial charge in [0.25, 0.3) is 0 Å². The molecule has 1 amide bonds. The number of carbonyl (C=O) groups excluding carboxylic acids is 1. The van der Waals surface area contributed by atoms with Gasteiger partial charge in [-0.15, -0.1) is 0 Å². The average Bonchev–Trinajstić information content (AvgIpc) is 3.37. The number of fused-ring (bicyclic) bond motifs is 2. The topological polar surface area (TPSA) is 92.0 Å². The van der Waals surface area contributed by atoms with Gasteiger partial charge in [0.2, 0.25) is 5.91 Å². The molecule has 0 aromatic heterocycles. The number of aliphatic hydroxyl groups is 1. The first-order valence-corrected chi connectivity index (χ1v) is 15.1. The fourth-order valence-corrected chi connectivity index (χ4v) is 7.66. The van der Waals surface area contributed by atoms with Gasteiger partial charge < -0.3 is 19.0 Å². The number of nitrogens with zero attached hydrogens (tertiary/aromatic N) is 2. The standard InChI is InChI=1S/C25H31F3N2O5Si/c1-22(2,3)36(4,5)34-17-11-23-8-9-33-21-19(23)18(24(17,13-31)35-23)20(32)30(21)15-7-6-14(12-29)16(10-15)25(26,27)28/h6-7,10,17-19,21,31H,8-9,11,13H2,1-5H3/t17-,18-,19+,21+,23+,24-/m1/s1. The molecule has 0 aliphatic carbocycles. The van der Waals surface area contributed by atoms with Gasteiger partial charge in [-0.05, 0) is 36.3 Å². The minimum Gasteiger partial charge on any atom is -0.411 e. The Morgan fingerprint density at radius 2 is 2.00 bits per heavy atom. The van der Waals surface area contributed by atoms with Crippen molar-refractivity contribution in [2.45, 2.75) is 81.5 Å². The Morgan fingerprint density at radius 1 is 1.31 bits per heavy atom. The number of hydrogen-bond acceptors (Lipinski definition) is 6. The molecule has 36 heavy (non-hydrogen) atoms. The number of anilines is 1. The Balaban J connectivity index is 1.58. The molecule has 4 saturated heterocycles. The SMILES string of the molecule is CC(C)(C)[Si](C)(C)O[C@@H]1C[C@@]23CCO[C@H]4[C@@H]2[C@H](C(=O)N4c2ccc(C#N)c(C(F)(F)F)c2)[C@]1(CO)O3. The summed E-state index contributed by atoms with van der Waals surface area (Å²) in [5.74, 6) is -1.72. The van der Waals surface area contributed by atoms with Crippen molar-refractivity contribution in [1.82, 2.24) is 0 Å². The Hall–Kier alpha value is -1.97. The molecule has 196 valence electrons. The Morgan fingerprint density at radius 3 is 2.58 bits per heavy atom. The molecular weight excluding hydrogens is 493 g/mol. The zero-order valence-corrected chi connectivity index (χ0v) is 22.0. The Labute approximate surface area is 209 Å². The van der Waals surface area contributed by atoms with Crippen molar-refractivity contribution in [1.29, 1.82) is 5.26 Å². The highest BCUT2D eigenvalue weighted by molar-refractivity contribution is 6.74. The van der Waals surface area contributed by atoms with Crippen molar-refractivity contribution in [3.05, 3.63) is 29.3 Å². The maximum Gasteiger partial charge on any atom is 0.417 e. The number of rotatable bonds is 4. The van der Waals surface area contributed by atoms with E-state index in [4.69, 9.17) is 13.9 Å². The van der Waals surface area contributed by atoms with Crippen LogP contribution in [-0.2, 0) is 24.9 Å². The van der Waals surface area contributed by atoms with E-state index < -0.39 is 73.5 Å². The third kappa shape index (κ3) is 3.34. The lowest BCUT2D eigenvalue weighted by Crippen LogP contribution is -2.59. The number of ether oxygens (including phenoxy) is 2. The van der Waals surface area contributed by atoms with Crippen molar-refractivity contribution >= 4 is 19.9 Å². The zero-order valence-electron chi connectivity index (χ0n) is 21.0. The molecule has 1 spiro atoms. The van der Waals surface area contributed by atoms with Crippen LogP contribution in [0.3, 0.4) is 0 Å².